The van der Waals surface area contributed by atoms with Gasteiger partial charge in [-0.1, -0.05) is 19.1 Å². The number of nitrogens with one attached hydrogen (secondary N) is 5. The van der Waals surface area contributed by atoms with Crippen molar-refractivity contribution in [3.8, 4) is 0 Å². The van der Waals surface area contributed by atoms with Gasteiger partial charge >= 0.3 is 0 Å². The minimum atomic E-state index is -0.795. The zero-order valence-electron chi connectivity index (χ0n) is 25.4. The van der Waals surface area contributed by atoms with Crippen LogP contribution in [0.15, 0.2) is 66.9 Å². The largest absolute Gasteiger partial charge is 0.369 e. The van der Waals surface area contributed by atoms with Crippen LogP contribution in [0.4, 0.5) is 33.2 Å². The second-order valence-corrected chi connectivity index (χ2v) is 9.89. The van der Waals surface area contributed by atoms with Gasteiger partial charge in [-0.2, -0.15) is 4.98 Å². The highest BCUT2D eigenvalue weighted by atomic mass is 19.1. The van der Waals surface area contributed by atoms with Crippen molar-refractivity contribution >= 4 is 52.5 Å². The summed E-state index contributed by atoms with van der Waals surface area (Å²) >= 11 is 0. The fourth-order valence-electron chi connectivity index (χ4n) is 3.85. The van der Waals surface area contributed by atoms with Crippen molar-refractivity contribution < 1.29 is 23.6 Å². The van der Waals surface area contributed by atoms with E-state index in [0.717, 1.165) is 6.42 Å². The number of likely N-dealkylation sites (N-methyl/N-ethyl adjacent to an activating group) is 1. The molecule has 14 heteroatoms. The highest BCUT2D eigenvalue weighted by Crippen LogP contribution is 2.21. The molecule has 0 unspecified atom stereocenters. The van der Waals surface area contributed by atoms with E-state index in [9.17, 15) is 23.6 Å². The van der Waals surface area contributed by atoms with E-state index in [4.69, 9.17) is 5.73 Å². The quantitative estimate of drug-likeness (QED) is 0.103. The number of amides is 4. The zero-order chi connectivity index (χ0) is 32.8. The van der Waals surface area contributed by atoms with E-state index < -0.39 is 30.4 Å². The number of aromatic nitrogens is 2. The van der Waals surface area contributed by atoms with Crippen LogP contribution in [0.1, 0.15) is 41.0 Å². The highest BCUT2D eigenvalue weighted by molar-refractivity contribution is 6.08. The molecule has 7 N–H and O–H groups in total. The van der Waals surface area contributed by atoms with E-state index in [1.807, 2.05) is 6.92 Å². The van der Waals surface area contributed by atoms with Gasteiger partial charge in [-0.15, -0.1) is 0 Å². The lowest BCUT2D eigenvalue weighted by Crippen LogP contribution is -2.42. The molecule has 45 heavy (non-hydrogen) atoms. The number of rotatable bonds is 16. The first kappa shape index (κ1) is 34.1. The molecule has 0 aliphatic carbocycles. The number of anilines is 5. The average Bonchev–Trinajstić information content (AvgIpc) is 3.03. The summed E-state index contributed by atoms with van der Waals surface area (Å²) in [6, 6.07) is 12.3. The number of alkyl halides is 1. The number of hydrogen-bond acceptors (Lipinski definition) is 9. The van der Waals surface area contributed by atoms with Crippen LogP contribution in [0.3, 0.4) is 0 Å². The number of benzene rings is 2. The molecule has 1 heterocycles. The summed E-state index contributed by atoms with van der Waals surface area (Å²) in [5, 5.41) is 14.6. The maximum absolute atomic E-state index is 13.3. The Morgan fingerprint density at radius 2 is 1.73 bits per heavy atom. The number of nitrogens with two attached hydrogens (primary N) is 1. The first-order valence-corrected chi connectivity index (χ1v) is 14.3. The third kappa shape index (κ3) is 10.4. The molecular formula is C31H38FN9O4. The Kier molecular flexibility index (Phi) is 12.9. The van der Waals surface area contributed by atoms with E-state index in [-0.39, 0.29) is 24.0 Å². The standard InChI is InChI=1S/C31H38FN9O4/c1-4-15-35-28-25(19-36-31(40-28)39-22-12-10-21(11-13-22)27(33)43)30(45)38-24-8-5-7-23(18-24)37-29(44)20(2)41(3)26(42)9-6-16-34-17-14-32/h5-13,18-20,34H,4,14-17H2,1-3H3,(H2,33,43)(H,37,44)(H,38,45)(H2,35,36,39,40)/b9-6+/t20-/m0/s1. The Morgan fingerprint density at radius 1 is 1.02 bits per heavy atom. The predicted molar refractivity (Wildman–Crippen MR) is 172 cm³/mol. The van der Waals surface area contributed by atoms with Crippen LogP contribution in [0, 0.1) is 0 Å². The van der Waals surface area contributed by atoms with Crippen LogP contribution >= 0.6 is 0 Å². The van der Waals surface area contributed by atoms with Gasteiger partial charge < -0.3 is 37.2 Å². The summed E-state index contributed by atoms with van der Waals surface area (Å²) in [4.78, 5) is 59.9. The van der Waals surface area contributed by atoms with Crippen molar-refractivity contribution in [2.45, 2.75) is 26.3 Å². The van der Waals surface area contributed by atoms with Crippen molar-refractivity contribution in [2.24, 2.45) is 5.73 Å². The lowest BCUT2D eigenvalue weighted by Gasteiger charge is -2.23. The van der Waals surface area contributed by atoms with Crippen LogP contribution in [-0.4, -0.2) is 77.9 Å². The van der Waals surface area contributed by atoms with Gasteiger partial charge in [0.2, 0.25) is 23.7 Å². The summed E-state index contributed by atoms with van der Waals surface area (Å²) in [5.74, 6) is -1.25. The van der Waals surface area contributed by atoms with Crippen LogP contribution in [0.25, 0.3) is 0 Å². The maximum Gasteiger partial charge on any atom is 0.260 e. The number of carbonyl (C=O) groups excluding carboxylic acids is 4. The Balaban J connectivity index is 1.67. The van der Waals surface area contributed by atoms with Crippen molar-refractivity contribution in [1.29, 1.82) is 0 Å². The van der Waals surface area contributed by atoms with Crippen molar-refractivity contribution in [3.05, 3.63) is 78.0 Å². The number of hydrogen-bond donors (Lipinski definition) is 6. The molecular weight excluding hydrogens is 581 g/mol. The Morgan fingerprint density at radius 3 is 2.40 bits per heavy atom. The highest BCUT2D eigenvalue weighted by Gasteiger charge is 2.21. The molecule has 1 aromatic heterocycles. The summed E-state index contributed by atoms with van der Waals surface area (Å²) in [6.45, 7) is 4.16. The molecule has 0 aliphatic heterocycles. The lowest BCUT2D eigenvalue weighted by atomic mass is 10.2. The van der Waals surface area contributed by atoms with E-state index in [1.54, 1.807) is 61.5 Å². The summed E-state index contributed by atoms with van der Waals surface area (Å²) < 4.78 is 12.2. The topological polar surface area (TPSA) is 183 Å². The molecule has 0 fully saturated rings. The summed E-state index contributed by atoms with van der Waals surface area (Å²) in [5.41, 5.74) is 7.32. The summed E-state index contributed by atoms with van der Waals surface area (Å²) in [6.07, 6.45) is 5.07. The van der Waals surface area contributed by atoms with Crippen LogP contribution in [0.5, 0.6) is 0 Å². The van der Waals surface area contributed by atoms with Gasteiger partial charge in [0.15, 0.2) is 0 Å². The Bertz CT molecular complexity index is 1520. The van der Waals surface area contributed by atoms with Crippen LogP contribution in [-0.2, 0) is 9.59 Å². The number of halogens is 1. The molecule has 0 saturated heterocycles. The van der Waals surface area contributed by atoms with Crippen molar-refractivity contribution in [3.63, 3.8) is 0 Å². The van der Waals surface area contributed by atoms with Gasteiger partial charge in [0, 0.05) is 61.6 Å². The first-order chi connectivity index (χ1) is 21.6. The third-order valence-electron chi connectivity index (χ3n) is 6.49. The molecule has 0 spiro atoms. The molecule has 0 radical (unpaired) electrons. The molecule has 1 atom stereocenters. The first-order valence-electron chi connectivity index (χ1n) is 14.3. The second-order valence-electron chi connectivity index (χ2n) is 9.89. The lowest BCUT2D eigenvalue weighted by molar-refractivity contribution is -0.132. The van der Waals surface area contributed by atoms with Gasteiger partial charge in [-0.25, -0.2) is 9.37 Å². The monoisotopic (exact) mass is 619 g/mol. The smallest absolute Gasteiger partial charge is 0.260 e. The molecule has 0 aliphatic rings. The second kappa shape index (κ2) is 17.1. The van der Waals surface area contributed by atoms with E-state index in [2.05, 4.69) is 36.6 Å². The van der Waals surface area contributed by atoms with Gasteiger partial charge in [0.05, 0.1) is 0 Å². The van der Waals surface area contributed by atoms with Gasteiger partial charge in [0.1, 0.15) is 24.1 Å². The molecule has 13 nitrogen and oxygen atoms in total. The van der Waals surface area contributed by atoms with Crippen molar-refractivity contribution in [1.82, 2.24) is 20.2 Å². The molecule has 0 bridgehead atoms. The minimum Gasteiger partial charge on any atom is -0.369 e. The maximum atomic E-state index is 13.3. The Labute approximate surface area is 260 Å². The number of primary amides is 1. The zero-order valence-corrected chi connectivity index (χ0v) is 25.4. The van der Waals surface area contributed by atoms with Gasteiger partial charge in [-0.05, 0) is 55.8 Å². The van der Waals surface area contributed by atoms with E-state index in [0.29, 0.717) is 41.5 Å². The summed E-state index contributed by atoms with van der Waals surface area (Å²) in [7, 11) is 1.51. The SMILES string of the molecule is CCCNc1nc(Nc2ccc(C(N)=O)cc2)ncc1C(=O)Nc1cccc(NC(=O)[C@H](C)N(C)C(=O)/C=C/CNCCF)c1. The van der Waals surface area contributed by atoms with Crippen LogP contribution in [0.2, 0.25) is 0 Å². The van der Waals surface area contributed by atoms with Gasteiger partial charge in [0.25, 0.3) is 5.91 Å². The fourth-order valence-corrected chi connectivity index (χ4v) is 3.85. The third-order valence-corrected chi connectivity index (χ3v) is 6.49. The minimum absolute atomic E-state index is 0.193. The molecule has 0 saturated carbocycles. The van der Waals surface area contributed by atoms with E-state index >= 15 is 0 Å². The van der Waals surface area contributed by atoms with Gasteiger partial charge in [-0.3, -0.25) is 19.2 Å². The normalized spacial score (nSPS) is 11.5. The van der Waals surface area contributed by atoms with Crippen LogP contribution < -0.4 is 32.3 Å². The molecule has 3 rings (SSSR count). The number of carbonyl (C=O) groups is 4. The number of nitrogens with zero attached hydrogens (tertiary/aromatic N) is 3. The average molecular weight is 620 g/mol. The van der Waals surface area contributed by atoms with E-state index in [1.165, 1.54) is 24.2 Å². The fraction of sp³-hybridized carbons (Fsp3) is 0.290. The molecule has 238 valence electrons. The molecule has 2 aromatic carbocycles. The molecule has 4 amide bonds. The van der Waals surface area contributed by atoms with Crippen molar-refractivity contribution in [2.75, 3.05) is 54.6 Å². The predicted octanol–water partition coefficient (Wildman–Crippen LogP) is 3.29. The Hall–Kier alpha value is -5.37. The molecule has 3 aromatic rings.